The van der Waals surface area contributed by atoms with Crippen LogP contribution in [0, 0.1) is 0 Å². The number of anilines is 1. The molecule has 0 atom stereocenters. The van der Waals surface area contributed by atoms with Crippen LogP contribution in [0.1, 0.15) is 0 Å². The zero-order valence-corrected chi connectivity index (χ0v) is 9.16. The van der Waals surface area contributed by atoms with Crippen molar-refractivity contribution in [1.29, 1.82) is 0 Å². The van der Waals surface area contributed by atoms with E-state index in [1.165, 1.54) is 0 Å². The predicted octanol–water partition coefficient (Wildman–Crippen LogP) is 1.79. The number of benzene rings is 1. The standard InChI is InChI=1S/C11H10ClN3O/c12-7-1-2-8-9(15-6-11(13)16)3-4-14-10(8)5-7/h1-5H,6H2,(H2,13,16)(H,14,15). The number of primary amides is 1. The highest BCUT2D eigenvalue weighted by atomic mass is 35.5. The maximum atomic E-state index is 10.7. The van der Waals surface area contributed by atoms with Crippen LogP contribution in [0.3, 0.4) is 0 Å². The van der Waals surface area contributed by atoms with Gasteiger partial charge in [-0.05, 0) is 24.3 Å². The van der Waals surface area contributed by atoms with E-state index in [1.54, 1.807) is 24.4 Å². The summed E-state index contributed by atoms with van der Waals surface area (Å²) in [6, 6.07) is 7.19. The minimum absolute atomic E-state index is 0.0989. The van der Waals surface area contributed by atoms with Crippen molar-refractivity contribution in [1.82, 2.24) is 4.98 Å². The lowest BCUT2D eigenvalue weighted by Gasteiger charge is -2.07. The Bertz CT molecular complexity index is 542. The van der Waals surface area contributed by atoms with Crippen molar-refractivity contribution in [2.24, 2.45) is 5.73 Å². The second-order valence-electron chi connectivity index (χ2n) is 3.34. The van der Waals surface area contributed by atoms with E-state index in [1.807, 2.05) is 6.07 Å². The van der Waals surface area contributed by atoms with Crippen molar-refractivity contribution >= 4 is 34.1 Å². The van der Waals surface area contributed by atoms with Crippen LogP contribution in [0.25, 0.3) is 10.9 Å². The molecule has 1 aromatic heterocycles. The van der Waals surface area contributed by atoms with Crippen LogP contribution in [0.4, 0.5) is 5.69 Å². The topological polar surface area (TPSA) is 68.0 Å². The van der Waals surface area contributed by atoms with Crippen LogP contribution >= 0.6 is 11.6 Å². The van der Waals surface area contributed by atoms with E-state index in [9.17, 15) is 4.79 Å². The highest BCUT2D eigenvalue weighted by molar-refractivity contribution is 6.31. The van der Waals surface area contributed by atoms with Gasteiger partial charge in [-0.25, -0.2) is 0 Å². The SMILES string of the molecule is NC(=O)CNc1ccnc2cc(Cl)ccc12. The van der Waals surface area contributed by atoms with Gasteiger partial charge in [0.2, 0.25) is 5.91 Å². The highest BCUT2D eigenvalue weighted by Crippen LogP contribution is 2.23. The first-order valence-electron chi connectivity index (χ1n) is 4.73. The summed E-state index contributed by atoms with van der Waals surface area (Å²) in [5.74, 6) is -0.404. The lowest BCUT2D eigenvalue weighted by molar-refractivity contribution is -0.116. The smallest absolute Gasteiger partial charge is 0.236 e. The number of amides is 1. The molecule has 0 spiro atoms. The summed E-state index contributed by atoms with van der Waals surface area (Å²) in [5.41, 5.74) is 6.67. The summed E-state index contributed by atoms with van der Waals surface area (Å²) < 4.78 is 0. The normalized spacial score (nSPS) is 10.3. The highest BCUT2D eigenvalue weighted by Gasteiger charge is 2.02. The molecular formula is C11H10ClN3O. The zero-order valence-electron chi connectivity index (χ0n) is 8.40. The summed E-state index contributed by atoms with van der Waals surface area (Å²) in [7, 11) is 0. The molecule has 1 amide bonds. The number of nitrogens with one attached hydrogen (secondary N) is 1. The number of hydrogen-bond acceptors (Lipinski definition) is 3. The third-order valence-electron chi connectivity index (χ3n) is 2.16. The van der Waals surface area contributed by atoms with Crippen LogP contribution in [-0.4, -0.2) is 17.4 Å². The van der Waals surface area contributed by atoms with Gasteiger partial charge in [-0.3, -0.25) is 9.78 Å². The number of rotatable bonds is 3. The Labute approximate surface area is 97.4 Å². The van der Waals surface area contributed by atoms with Crippen molar-refractivity contribution in [2.75, 3.05) is 11.9 Å². The van der Waals surface area contributed by atoms with Crippen molar-refractivity contribution in [3.63, 3.8) is 0 Å². The Morgan fingerprint density at radius 2 is 2.25 bits per heavy atom. The van der Waals surface area contributed by atoms with Crippen LogP contribution < -0.4 is 11.1 Å². The molecule has 0 fully saturated rings. The second-order valence-corrected chi connectivity index (χ2v) is 3.78. The summed E-state index contributed by atoms with van der Waals surface area (Å²) in [6.45, 7) is 0.0989. The van der Waals surface area contributed by atoms with Gasteiger partial charge < -0.3 is 11.1 Å². The maximum absolute atomic E-state index is 10.7. The van der Waals surface area contributed by atoms with Gasteiger partial charge in [0.1, 0.15) is 0 Å². The largest absolute Gasteiger partial charge is 0.376 e. The summed E-state index contributed by atoms with van der Waals surface area (Å²) >= 11 is 5.86. The number of nitrogens with zero attached hydrogens (tertiary/aromatic N) is 1. The fourth-order valence-electron chi connectivity index (χ4n) is 1.46. The van der Waals surface area contributed by atoms with Gasteiger partial charge in [0.05, 0.1) is 12.1 Å². The number of hydrogen-bond donors (Lipinski definition) is 2. The molecule has 5 heteroatoms. The number of carbonyl (C=O) groups is 1. The molecule has 82 valence electrons. The maximum Gasteiger partial charge on any atom is 0.236 e. The quantitative estimate of drug-likeness (QED) is 0.852. The minimum Gasteiger partial charge on any atom is -0.376 e. The molecule has 1 heterocycles. The molecule has 2 rings (SSSR count). The van der Waals surface area contributed by atoms with E-state index in [0.29, 0.717) is 5.02 Å². The fourth-order valence-corrected chi connectivity index (χ4v) is 1.62. The Hall–Kier alpha value is -1.81. The number of carbonyl (C=O) groups excluding carboxylic acids is 1. The number of halogens is 1. The molecule has 0 saturated carbocycles. The fraction of sp³-hybridized carbons (Fsp3) is 0.0909. The lowest BCUT2D eigenvalue weighted by atomic mass is 10.2. The monoisotopic (exact) mass is 235 g/mol. The number of fused-ring (bicyclic) bond motifs is 1. The van der Waals surface area contributed by atoms with Gasteiger partial charge in [0, 0.05) is 22.3 Å². The van der Waals surface area contributed by atoms with E-state index < -0.39 is 5.91 Å². The molecule has 3 N–H and O–H groups in total. The van der Waals surface area contributed by atoms with Gasteiger partial charge in [0.15, 0.2) is 0 Å². The minimum atomic E-state index is -0.404. The molecule has 16 heavy (non-hydrogen) atoms. The van der Waals surface area contributed by atoms with Gasteiger partial charge in [-0.1, -0.05) is 11.6 Å². The molecule has 4 nitrogen and oxygen atoms in total. The third-order valence-corrected chi connectivity index (χ3v) is 2.39. The summed E-state index contributed by atoms with van der Waals surface area (Å²) in [6.07, 6.45) is 1.65. The van der Waals surface area contributed by atoms with E-state index in [4.69, 9.17) is 17.3 Å². The van der Waals surface area contributed by atoms with Gasteiger partial charge >= 0.3 is 0 Å². The first kappa shape index (κ1) is 10.7. The average molecular weight is 236 g/mol. The third kappa shape index (κ3) is 2.23. The van der Waals surface area contributed by atoms with Crippen LogP contribution in [0.2, 0.25) is 5.02 Å². The van der Waals surface area contributed by atoms with E-state index in [-0.39, 0.29) is 6.54 Å². The van der Waals surface area contributed by atoms with Crippen LogP contribution in [0.15, 0.2) is 30.5 Å². The number of nitrogens with two attached hydrogens (primary N) is 1. The van der Waals surface area contributed by atoms with E-state index >= 15 is 0 Å². The molecule has 0 radical (unpaired) electrons. The lowest BCUT2D eigenvalue weighted by Crippen LogP contribution is -2.21. The molecule has 0 aliphatic rings. The predicted molar refractivity (Wildman–Crippen MR) is 64.4 cm³/mol. The first-order valence-corrected chi connectivity index (χ1v) is 5.11. The van der Waals surface area contributed by atoms with Gasteiger partial charge in [-0.15, -0.1) is 0 Å². The molecule has 0 aliphatic heterocycles. The van der Waals surface area contributed by atoms with Crippen molar-refractivity contribution in [3.8, 4) is 0 Å². The molecule has 0 aliphatic carbocycles. The van der Waals surface area contributed by atoms with Crippen LogP contribution in [0.5, 0.6) is 0 Å². The molecule has 0 saturated heterocycles. The number of pyridine rings is 1. The summed E-state index contributed by atoms with van der Waals surface area (Å²) in [5, 5.41) is 4.49. The van der Waals surface area contributed by atoms with Crippen molar-refractivity contribution in [2.45, 2.75) is 0 Å². The first-order chi connectivity index (χ1) is 7.66. The number of aromatic nitrogens is 1. The molecular weight excluding hydrogens is 226 g/mol. The van der Waals surface area contributed by atoms with Crippen molar-refractivity contribution in [3.05, 3.63) is 35.5 Å². The van der Waals surface area contributed by atoms with Crippen molar-refractivity contribution < 1.29 is 4.79 Å². The molecule has 0 unspecified atom stereocenters. The summed E-state index contributed by atoms with van der Waals surface area (Å²) in [4.78, 5) is 14.9. The Morgan fingerprint density at radius 1 is 1.44 bits per heavy atom. The Balaban J connectivity index is 2.41. The molecule has 1 aromatic carbocycles. The van der Waals surface area contributed by atoms with Gasteiger partial charge in [0.25, 0.3) is 0 Å². The van der Waals surface area contributed by atoms with E-state index in [0.717, 1.165) is 16.6 Å². The second kappa shape index (κ2) is 4.37. The molecule has 2 aromatic rings. The molecule has 0 bridgehead atoms. The Morgan fingerprint density at radius 3 is 3.00 bits per heavy atom. The van der Waals surface area contributed by atoms with Crippen LogP contribution in [-0.2, 0) is 4.79 Å². The Kier molecular flexibility index (Phi) is 2.92. The van der Waals surface area contributed by atoms with E-state index in [2.05, 4.69) is 10.3 Å². The average Bonchev–Trinajstić information content (AvgIpc) is 2.25. The zero-order chi connectivity index (χ0) is 11.5. The van der Waals surface area contributed by atoms with Gasteiger partial charge in [-0.2, -0.15) is 0 Å².